The molecular formula is C12H15N5O3S. The van der Waals surface area contributed by atoms with Crippen molar-refractivity contribution in [2.75, 3.05) is 18.9 Å². The Morgan fingerprint density at radius 2 is 2.38 bits per heavy atom. The average molecular weight is 309 g/mol. The standard InChI is InChI=1S/C12H15N5O3S/c1-6-9(21-12(13)14-6)11-15-10(7-2-3-20-5-7)16-17(11)4-8(18)19/h7H,2-5H2,1H3,(H2,13,14)(H,18,19)/t7-/m1/s1. The molecule has 0 saturated carbocycles. The topological polar surface area (TPSA) is 116 Å². The minimum atomic E-state index is -0.967. The van der Waals surface area contributed by atoms with E-state index < -0.39 is 5.97 Å². The number of ether oxygens (including phenoxy) is 1. The normalized spacial score (nSPS) is 18.2. The molecule has 112 valence electrons. The zero-order valence-electron chi connectivity index (χ0n) is 11.4. The third-order valence-corrected chi connectivity index (χ3v) is 4.27. The highest BCUT2D eigenvalue weighted by Gasteiger charge is 2.26. The van der Waals surface area contributed by atoms with E-state index in [1.54, 1.807) is 0 Å². The van der Waals surface area contributed by atoms with Crippen LogP contribution in [0.25, 0.3) is 10.7 Å². The van der Waals surface area contributed by atoms with Crippen molar-refractivity contribution in [3.05, 3.63) is 11.5 Å². The summed E-state index contributed by atoms with van der Waals surface area (Å²) in [6, 6.07) is 0. The first-order chi connectivity index (χ1) is 10.0. The zero-order valence-corrected chi connectivity index (χ0v) is 12.3. The summed E-state index contributed by atoms with van der Waals surface area (Å²) in [4.78, 5) is 20.4. The molecule has 0 unspecified atom stereocenters. The molecule has 1 atom stereocenters. The van der Waals surface area contributed by atoms with Crippen LogP contribution in [0.2, 0.25) is 0 Å². The monoisotopic (exact) mass is 309 g/mol. The molecule has 1 aliphatic rings. The zero-order chi connectivity index (χ0) is 15.0. The molecule has 21 heavy (non-hydrogen) atoms. The molecule has 1 saturated heterocycles. The predicted octanol–water partition coefficient (Wildman–Crippen LogP) is 0.881. The fourth-order valence-corrected chi connectivity index (χ4v) is 3.13. The van der Waals surface area contributed by atoms with Crippen LogP contribution in [0.1, 0.15) is 23.9 Å². The molecule has 3 heterocycles. The van der Waals surface area contributed by atoms with Crippen molar-refractivity contribution in [1.29, 1.82) is 0 Å². The van der Waals surface area contributed by atoms with Gasteiger partial charge in [-0.05, 0) is 13.3 Å². The first kappa shape index (κ1) is 14.0. The van der Waals surface area contributed by atoms with Gasteiger partial charge in [-0.3, -0.25) is 4.79 Å². The minimum absolute atomic E-state index is 0.115. The SMILES string of the molecule is Cc1nc(N)sc1-c1nc([C@@H]2CCOC2)nn1CC(=O)O. The lowest BCUT2D eigenvalue weighted by atomic mass is 10.1. The van der Waals surface area contributed by atoms with Crippen LogP contribution >= 0.6 is 11.3 Å². The number of hydrogen-bond acceptors (Lipinski definition) is 7. The number of thiazole rings is 1. The maximum Gasteiger partial charge on any atom is 0.325 e. The second-order valence-electron chi connectivity index (χ2n) is 4.87. The Kier molecular flexibility index (Phi) is 3.60. The quantitative estimate of drug-likeness (QED) is 0.861. The second-order valence-corrected chi connectivity index (χ2v) is 5.90. The number of aromatic nitrogens is 4. The van der Waals surface area contributed by atoms with Gasteiger partial charge in [-0.15, -0.1) is 0 Å². The van der Waals surface area contributed by atoms with Gasteiger partial charge in [-0.2, -0.15) is 5.10 Å². The summed E-state index contributed by atoms with van der Waals surface area (Å²) in [5, 5.41) is 13.8. The van der Waals surface area contributed by atoms with Crippen molar-refractivity contribution < 1.29 is 14.6 Å². The van der Waals surface area contributed by atoms with Crippen molar-refractivity contribution in [3.8, 4) is 10.7 Å². The van der Waals surface area contributed by atoms with Gasteiger partial charge in [0.1, 0.15) is 6.54 Å². The molecule has 0 aromatic carbocycles. The summed E-state index contributed by atoms with van der Waals surface area (Å²) in [6.07, 6.45) is 0.848. The van der Waals surface area contributed by atoms with Crippen molar-refractivity contribution in [1.82, 2.24) is 19.7 Å². The molecule has 0 radical (unpaired) electrons. The van der Waals surface area contributed by atoms with Crippen molar-refractivity contribution >= 4 is 22.4 Å². The van der Waals surface area contributed by atoms with Crippen LogP contribution < -0.4 is 5.73 Å². The molecule has 9 heteroatoms. The van der Waals surface area contributed by atoms with Gasteiger partial charge in [0.2, 0.25) is 0 Å². The largest absolute Gasteiger partial charge is 0.480 e. The third kappa shape index (κ3) is 2.74. The molecule has 2 aromatic heterocycles. The van der Waals surface area contributed by atoms with Gasteiger partial charge >= 0.3 is 5.97 Å². The molecule has 3 N–H and O–H groups in total. The second kappa shape index (κ2) is 5.41. The van der Waals surface area contributed by atoms with Crippen LogP contribution in [0.15, 0.2) is 0 Å². The number of nitrogen functional groups attached to an aromatic ring is 1. The van der Waals surface area contributed by atoms with Gasteiger partial charge in [0.25, 0.3) is 0 Å². The summed E-state index contributed by atoms with van der Waals surface area (Å²) in [7, 11) is 0. The lowest BCUT2D eigenvalue weighted by molar-refractivity contribution is -0.137. The van der Waals surface area contributed by atoms with Gasteiger partial charge < -0.3 is 15.6 Å². The summed E-state index contributed by atoms with van der Waals surface area (Å²) < 4.78 is 6.74. The van der Waals surface area contributed by atoms with Gasteiger partial charge in [-0.1, -0.05) is 11.3 Å². The summed E-state index contributed by atoms with van der Waals surface area (Å²) in [6.45, 7) is 2.83. The molecule has 0 amide bonds. The summed E-state index contributed by atoms with van der Waals surface area (Å²) in [5.41, 5.74) is 6.44. The van der Waals surface area contributed by atoms with Gasteiger partial charge in [0.05, 0.1) is 17.2 Å². The predicted molar refractivity (Wildman–Crippen MR) is 76.1 cm³/mol. The number of hydrogen-bond donors (Lipinski definition) is 2. The molecule has 0 aliphatic carbocycles. The molecule has 8 nitrogen and oxygen atoms in total. The number of nitrogens with zero attached hydrogens (tertiary/aromatic N) is 4. The first-order valence-corrected chi connectivity index (χ1v) is 7.34. The highest BCUT2D eigenvalue weighted by atomic mass is 32.1. The highest BCUT2D eigenvalue weighted by molar-refractivity contribution is 7.18. The molecule has 3 rings (SSSR count). The van der Waals surface area contributed by atoms with Gasteiger partial charge in [0, 0.05) is 12.5 Å². The number of aryl methyl sites for hydroxylation is 1. The Hall–Kier alpha value is -2.00. The lowest BCUT2D eigenvalue weighted by Gasteiger charge is -2.00. The first-order valence-electron chi connectivity index (χ1n) is 6.52. The fourth-order valence-electron chi connectivity index (χ4n) is 2.30. The number of carboxylic acid groups (broad SMARTS) is 1. The maximum absolute atomic E-state index is 11.0. The molecular weight excluding hydrogens is 294 g/mol. The smallest absolute Gasteiger partial charge is 0.325 e. The molecule has 1 aliphatic heterocycles. The number of anilines is 1. The Labute approximate surface area is 124 Å². The van der Waals surface area contributed by atoms with E-state index in [-0.39, 0.29) is 12.5 Å². The molecule has 2 aromatic rings. The van der Waals surface area contributed by atoms with E-state index in [0.717, 1.165) is 17.0 Å². The van der Waals surface area contributed by atoms with Gasteiger partial charge in [-0.25, -0.2) is 14.6 Å². The number of carboxylic acids is 1. The lowest BCUT2D eigenvalue weighted by Crippen LogP contribution is -2.12. The molecule has 1 fully saturated rings. The summed E-state index contributed by atoms with van der Waals surface area (Å²) in [5.74, 6) is 0.274. The van der Waals surface area contributed by atoms with Crippen LogP contribution in [0, 0.1) is 6.92 Å². The van der Waals surface area contributed by atoms with Gasteiger partial charge in [0.15, 0.2) is 16.8 Å². The Morgan fingerprint density at radius 1 is 1.57 bits per heavy atom. The van der Waals surface area contributed by atoms with E-state index in [1.165, 1.54) is 16.0 Å². The summed E-state index contributed by atoms with van der Waals surface area (Å²) >= 11 is 1.28. The molecule has 0 spiro atoms. The Bertz CT molecular complexity index is 674. The van der Waals surface area contributed by atoms with Crippen LogP contribution in [0.5, 0.6) is 0 Å². The number of rotatable bonds is 4. The third-order valence-electron chi connectivity index (χ3n) is 3.28. The fraction of sp³-hybridized carbons (Fsp3) is 0.500. The Morgan fingerprint density at radius 3 is 2.95 bits per heavy atom. The molecule has 0 bridgehead atoms. The van der Waals surface area contributed by atoms with E-state index in [0.29, 0.717) is 30.0 Å². The van der Waals surface area contributed by atoms with Crippen molar-refractivity contribution in [3.63, 3.8) is 0 Å². The van der Waals surface area contributed by atoms with Crippen LogP contribution in [-0.4, -0.2) is 44.0 Å². The van der Waals surface area contributed by atoms with Crippen molar-refractivity contribution in [2.45, 2.75) is 25.8 Å². The van der Waals surface area contributed by atoms with E-state index in [4.69, 9.17) is 15.6 Å². The Balaban J connectivity index is 2.04. The number of aliphatic carboxylic acids is 1. The highest BCUT2D eigenvalue weighted by Crippen LogP contribution is 2.32. The average Bonchev–Trinajstić information content (AvgIpc) is 3.08. The van der Waals surface area contributed by atoms with E-state index in [9.17, 15) is 4.79 Å². The maximum atomic E-state index is 11.0. The van der Waals surface area contributed by atoms with Crippen molar-refractivity contribution in [2.24, 2.45) is 0 Å². The van der Waals surface area contributed by atoms with E-state index in [1.807, 2.05) is 6.92 Å². The van der Waals surface area contributed by atoms with Crippen LogP contribution in [0.3, 0.4) is 0 Å². The van der Waals surface area contributed by atoms with Crippen LogP contribution in [0.4, 0.5) is 5.13 Å². The minimum Gasteiger partial charge on any atom is -0.480 e. The van der Waals surface area contributed by atoms with Crippen LogP contribution in [-0.2, 0) is 16.1 Å². The number of nitrogens with two attached hydrogens (primary N) is 1. The van der Waals surface area contributed by atoms with E-state index in [2.05, 4.69) is 15.1 Å². The number of carbonyl (C=O) groups is 1. The van der Waals surface area contributed by atoms with E-state index >= 15 is 0 Å².